The van der Waals surface area contributed by atoms with Gasteiger partial charge in [-0.2, -0.15) is 11.8 Å². The molecule has 5 nitrogen and oxygen atoms in total. The van der Waals surface area contributed by atoms with Crippen LogP contribution in [0, 0.1) is 5.92 Å². The average Bonchev–Trinajstić information content (AvgIpc) is 2.20. The molecule has 17 heavy (non-hydrogen) atoms. The first kappa shape index (κ1) is 16.2. The summed E-state index contributed by atoms with van der Waals surface area (Å²) in [5.41, 5.74) is 0. The standard InChI is InChI=1S/C11H21NO4S/c1-8(2)6-16-4-5-17-7-10(11(14)15)12-9(3)13/h8,10H,4-7H2,1-3H3,(H,12,13)(H,14,15). The van der Waals surface area contributed by atoms with Crippen molar-refractivity contribution in [1.82, 2.24) is 5.32 Å². The van der Waals surface area contributed by atoms with E-state index in [0.717, 1.165) is 5.75 Å². The van der Waals surface area contributed by atoms with Crippen LogP contribution in [0.2, 0.25) is 0 Å². The number of rotatable bonds is 9. The largest absolute Gasteiger partial charge is 0.480 e. The van der Waals surface area contributed by atoms with E-state index in [1.165, 1.54) is 18.7 Å². The molecular weight excluding hydrogens is 242 g/mol. The van der Waals surface area contributed by atoms with Gasteiger partial charge in [0.2, 0.25) is 5.91 Å². The molecule has 6 heteroatoms. The van der Waals surface area contributed by atoms with Crippen LogP contribution in [0.4, 0.5) is 0 Å². The molecule has 0 aromatic carbocycles. The molecule has 0 aliphatic carbocycles. The molecule has 0 fully saturated rings. The number of carbonyl (C=O) groups is 2. The van der Waals surface area contributed by atoms with Crippen molar-refractivity contribution in [3.8, 4) is 0 Å². The molecule has 0 radical (unpaired) electrons. The van der Waals surface area contributed by atoms with Gasteiger partial charge in [0.15, 0.2) is 0 Å². The van der Waals surface area contributed by atoms with Gasteiger partial charge in [0.25, 0.3) is 0 Å². The number of ether oxygens (including phenoxy) is 1. The number of hydrogen-bond donors (Lipinski definition) is 2. The predicted molar refractivity (Wildman–Crippen MR) is 68.2 cm³/mol. The lowest BCUT2D eigenvalue weighted by Gasteiger charge is -2.12. The van der Waals surface area contributed by atoms with E-state index in [4.69, 9.17) is 9.84 Å². The molecule has 0 aromatic heterocycles. The Hall–Kier alpha value is -0.750. The number of carboxylic acid groups (broad SMARTS) is 1. The van der Waals surface area contributed by atoms with Gasteiger partial charge in [0, 0.05) is 25.0 Å². The maximum atomic E-state index is 10.8. The van der Waals surface area contributed by atoms with Crippen molar-refractivity contribution in [3.05, 3.63) is 0 Å². The van der Waals surface area contributed by atoms with Crippen molar-refractivity contribution in [2.24, 2.45) is 5.92 Å². The smallest absolute Gasteiger partial charge is 0.327 e. The fourth-order valence-corrected chi connectivity index (χ4v) is 1.92. The topological polar surface area (TPSA) is 75.6 Å². The number of amides is 1. The number of hydrogen-bond acceptors (Lipinski definition) is 4. The van der Waals surface area contributed by atoms with Crippen molar-refractivity contribution < 1.29 is 19.4 Å². The third-order valence-electron chi connectivity index (χ3n) is 1.78. The van der Waals surface area contributed by atoms with E-state index >= 15 is 0 Å². The van der Waals surface area contributed by atoms with E-state index in [1.54, 1.807) is 0 Å². The molecule has 1 unspecified atom stereocenters. The Labute approximate surface area is 106 Å². The molecule has 0 saturated heterocycles. The molecule has 2 N–H and O–H groups in total. The van der Waals surface area contributed by atoms with Crippen LogP contribution >= 0.6 is 11.8 Å². The molecule has 0 rings (SSSR count). The van der Waals surface area contributed by atoms with Crippen molar-refractivity contribution in [3.63, 3.8) is 0 Å². The van der Waals surface area contributed by atoms with Gasteiger partial charge < -0.3 is 15.2 Å². The highest BCUT2D eigenvalue weighted by atomic mass is 32.2. The van der Waals surface area contributed by atoms with Gasteiger partial charge in [0.1, 0.15) is 6.04 Å². The SMILES string of the molecule is CC(=O)NC(CSCCOCC(C)C)C(=O)O. The van der Waals surface area contributed by atoms with Crippen LogP contribution in [0.5, 0.6) is 0 Å². The molecule has 0 aliphatic heterocycles. The number of aliphatic carboxylic acids is 1. The quantitative estimate of drug-likeness (QED) is 0.607. The average molecular weight is 263 g/mol. The predicted octanol–water partition coefficient (Wildman–Crippen LogP) is 0.981. The zero-order valence-corrected chi connectivity index (χ0v) is 11.4. The van der Waals surface area contributed by atoms with Crippen molar-refractivity contribution in [2.75, 3.05) is 24.7 Å². The van der Waals surface area contributed by atoms with Crippen LogP contribution < -0.4 is 5.32 Å². The normalized spacial score (nSPS) is 12.5. The third kappa shape index (κ3) is 10.1. The van der Waals surface area contributed by atoms with Crippen molar-refractivity contribution in [1.29, 1.82) is 0 Å². The fourth-order valence-electron chi connectivity index (χ4n) is 1.06. The van der Waals surface area contributed by atoms with E-state index in [9.17, 15) is 9.59 Å². The zero-order valence-electron chi connectivity index (χ0n) is 10.6. The number of carboxylic acids is 1. The second-order valence-corrected chi connectivity index (χ2v) is 5.28. The summed E-state index contributed by atoms with van der Waals surface area (Å²) >= 11 is 1.46. The summed E-state index contributed by atoms with van der Waals surface area (Å²) in [6.45, 7) is 6.78. The highest BCUT2D eigenvalue weighted by Gasteiger charge is 2.17. The van der Waals surface area contributed by atoms with Gasteiger partial charge in [0.05, 0.1) is 6.61 Å². The highest BCUT2D eigenvalue weighted by molar-refractivity contribution is 7.99. The van der Waals surface area contributed by atoms with Crippen molar-refractivity contribution in [2.45, 2.75) is 26.8 Å². The van der Waals surface area contributed by atoms with Gasteiger partial charge in [-0.25, -0.2) is 4.79 Å². The van der Waals surface area contributed by atoms with E-state index in [-0.39, 0.29) is 5.91 Å². The molecule has 0 saturated carbocycles. The zero-order chi connectivity index (χ0) is 13.3. The second-order valence-electron chi connectivity index (χ2n) is 4.14. The Morgan fingerprint density at radius 2 is 2.06 bits per heavy atom. The molecular formula is C11H21NO4S. The number of nitrogens with one attached hydrogen (secondary N) is 1. The molecule has 0 bridgehead atoms. The highest BCUT2D eigenvalue weighted by Crippen LogP contribution is 2.04. The van der Waals surface area contributed by atoms with Crippen LogP contribution in [-0.4, -0.2) is 47.7 Å². The minimum atomic E-state index is -1.00. The Balaban J connectivity index is 3.61. The minimum absolute atomic E-state index is 0.325. The van der Waals surface area contributed by atoms with Gasteiger partial charge in [-0.3, -0.25) is 4.79 Å². The lowest BCUT2D eigenvalue weighted by Crippen LogP contribution is -2.41. The molecule has 1 atom stereocenters. The maximum Gasteiger partial charge on any atom is 0.327 e. The number of carbonyl (C=O) groups excluding carboxylic acids is 1. The summed E-state index contributed by atoms with van der Waals surface area (Å²) in [7, 11) is 0. The Morgan fingerprint density at radius 3 is 2.53 bits per heavy atom. The van der Waals surface area contributed by atoms with Crippen molar-refractivity contribution >= 4 is 23.6 Å². The molecule has 1 amide bonds. The Bertz CT molecular complexity index is 246. The van der Waals surface area contributed by atoms with Crippen LogP contribution in [0.15, 0.2) is 0 Å². The first-order chi connectivity index (χ1) is 7.93. The van der Waals surface area contributed by atoms with Crippen LogP contribution in [0.1, 0.15) is 20.8 Å². The summed E-state index contributed by atoms with van der Waals surface area (Å²) in [6.07, 6.45) is 0. The Kier molecular flexibility index (Phi) is 8.89. The van der Waals surface area contributed by atoms with E-state index in [0.29, 0.717) is 24.9 Å². The summed E-state index contributed by atoms with van der Waals surface area (Å²) in [5.74, 6) is 0.270. The number of thioether (sulfide) groups is 1. The van der Waals surface area contributed by atoms with E-state index in [1.807, 2.05) is 0 Å². The molecule has 0 aromatic rings. The second kappa shape index (κ2) is 9.30. The lowest BCUT2D eigenvalue weighted by atomic mass is 10.2. The summed E-state index contributed by atoms with van der Waals surface area (Å²) < 4.78 is 5.36. The van der Waals surface area contributed by atoms with Gasteiger partial charge in [-0.1, -0.05) is 13.8 Å². The minimum Gasteiger partial charge on any atom is -0.480 e. The monoisotopic (exact) mass is 263 g/mol. The first-order valence-corrected chi connectivity index (χ1v) is 6.74. The van der Waals surface area contributed by atoms with E-state index in [2.05, 4.69) is 19.2 Å². The molecule has 0 aliphatic rings. The molecule has 100 valence electrons. The maximum absolute atomic E-state index is 10.8. The molecule has 0 spiro atoms. The third-order valence-corrected chi connectivity index (χ3v) is 2.81. The van der Waals surface area contributed by atoms with Gasteiger partial charge in [-0.05, 0) is 5.92 Å². The summed E-state index contributed by atoms with van der Waals surface area (Å²) in [5, 5.41) is 11.2. The van der Waals surface area contributed by atoms with Crippen LogP contribution in [0.3, 0.4) is 0 Å². The summed E-state index contributed by atoms with van der Waals surface area (Å²) in [6, 6.07) is -0.817. The van der Waals surface area contributed by atoms with Gasteiger partial charge >= 0.3 is 5.97 Å². The van der Waals surface area contributed by atoms with Crippen LogP contribution in [-0.2, 0) is 14.3 Å². The summed E-state index contributed by atoms with van der Waals surface area (Å²) in [4.78, 5) is 21.5. The van der Waals surface area contributed by atoms with Gasteiger partial charge in [-0.15, -0.1) is 0 Å². The first-order valence-electron chi connectivity index (χ1n) is 5.59. The molecule has 0 heterocycles. The van der Waals surface area contributed by atoms with E-state index < -0.39 is 12.0 Å². The van der Waals surface area contributed by atoms with Crippen LogP contribution in [0.25, 0.3) is 0 Å². The fraction of sp³-hybridized carbons (Fsp3) is 0.818. The lowest BCUT2D eigenvalue weighted by molar-refractivity contribution is -0.140. The Morgan fingerprint density at radius 1 is 1.41 bits per heavy atom.